The van der Waals surface area contributed by atoms with Gasteiger partial charge in [0.25, 0.3) is 11.8 Å². The Morgan fingerprint density at radius 2 is 1.97 bits per heavy atom. The number of aliphatic carboxylic acids is 1. The predicted octanol–water partition coefficient (Wildman–Crippen LogP) is 3.22. The summed E-state index contributed by atoms with van der Waals surface area (Å²) in [5.74, 6) is -1.99. The monoisotopic (exact) mass is 497 g/mol. The number of nitrogens with zero attached hydrogens (tertiary/aromatic N) is 1. The van der Waals surface area contributed by atoms with Crippen LogP contribution in [-0.4, -0.2) is 60.6 Å². The number of carbonyl (C=O) groups excluding carboxylic acids is 2. The fourth-order valence-electron chi connectivity index (χ4n) is 4.80. The van der Waals surface area contributed by atoms with Crippen molar-refractivity contribution in [1.29, 1.82) is 0 Å². The first kappa shape index (κ1) is 24.6. The fourth-order valence-corrected chi connectivity index (χ4v) is 5.14. The number of carboxylic acid groups (broad SMARTS) is 1. The number of hydrogen-bond acceptors (Lipinski definition) is 5. The highest BCUT2D eigenvalue weighted by molar-refractivity contribution is 6.34. The molecule has 0 spiro atoms. The van der Waals surface area contributed by atoms with Crippen LogP contribution in [0, 0.1) is 0 Å². The summed E-state index contributed by atoms with van der Waals surface area (Å²) < 4.78 is 5.66. The number of ether oxygens (including phenoxy) is 1. The molecule has 2 aliphatic rings. The molecular weight excluding hydrogens is 470 g/mol. The third-order valence-corrected chi connectivity index (χ3v) is 6.97. The number of carbonyl (C=O) groups is 3. The van der Waals surface area contributed by atoms with Crippen molar-refractivity contribution in [2.24, 2.45) is 0 Å². The number of benzene rings is 2. The van der Waals surface area contributed by atoms with Crippen LogP contribution in [0.5, 0.6) is 5.75 Å². The Bertz CT molecular complexity index is 1180. The molecule has 0 aromatic heterocycles. The van der Waals surface area contributed by atoms with Crippen LogP contribution in [0.1, 0.15) is 30.4 Å². The van der Waals surface area contributed by atoms with E-state index in [1.54, 1.807) is 19.1 Å². The van der Waals surface area contributed by atoms with Gasteiger partial charge in [-0.15, -0.1) is 0 Å². The van der Waals surface area contributed by atoms with Gasteiger partial charge in [-0.2, -0.15) is 0 Å². The van der Waals surface area contributed by atoms with Gasteiger partial charge in [0.15, 0.2) is 0 Å². The van der Waals surface area contributed by atoms with Gasteiger partial charge in [-0.25, -0.2) is 0 Å². The average molecular weight is 498 g/mol. The maximum absolute atomic E-state index is 13.2. The number of anilines is 1. The minimum atomic E-state index is -1.04. The zero-order valence-corrected chi connectivity index (χ0v) is 20.4. The SMILES string of the molecule is CC1=C(C(=O)NCCc2ccccc2)C(=O)N(C)C(CC(=O)O)C1c1ccc2c(c1Cl)NCCO2. The molecule has 0 saturated carbocycles. The van der Waals surface area contributed by atoms with Crippen molar-refractivity contribution in [3.8, 4) is 5.75 Å². The van der Waals surface area contributed by atoms with Gasteiger partial charge in [-0.05, 0) is 36.1 Å². The Kier molecular flexibility index (Phi) is 7.31. The van der Waals surface area contributed by atoms with Crippen molar-refractivity contribution in [1.82, 2.24) is 10.2 Å². The summed E-state index contributed by atoms with van der Waals surface area (Å²) in [5.41, 5.74) is 2.85. The maximum atomic E-state index is 13.2. The van der Waals surface area contributed by atoms with Crippen LogP contribution in [-0.2, 0) is 20.8 Å². The second kappa shape index (κ2) is 10.4. The number of halogens is 1. The number of carboxylic acids is 1. The normalized spacial score (nSPS) is 19.5. The van der Waals surface area contributed by atoms with Crippen LogP contribution in [0.15, 0.2) is 53.6 Å². The molecular formula is C26H28ClN3O5. The Morgan fingerprint density at radius 1 is 1.23 bits per heavy atom. The van der Waals surface area contributed by atoms with Gasteiger partial charge in [0.05, 0.1) is 23.2 Å². The summed E-state index contributed by atoms with van der Waals surface area (Å²) in [7, 11) is 1.53. The van der Waals surface area contributed by atoms with Crippen LogP contribution < -0.4 is 15.4 Å². The van der Waals surface area contributed by atoms with Gasteiger partial charge < -0.3 is 25.4 Å². The van der Waals surface area contributed by atoms with Gasteiger partial charge >= 0.3 is 5.97 Å². The molecule has 4 rings (SSSR count). The van der Waals surface area contributed by atoms with Crippen LogP contribution in [0.3, 0.4) is 0 Å². The molecule has 2 unspecified atom stereocenters. The first-order valence-corrected chi connectivity index (χ1v) is 11.9. The number of rotatable bonds is 7. The largest absolute Gasteiger partial charge is 0.490 e. The van der Waals surface area contributed by atoms with E-state index in [4.69, 9.17) is 16.3 Å². The van der Waals surface area contributed by atoms with Crippen molar-refractivity contribution in [3.05, 3.63) is 69.8 Å². The molecule has 2 atom stereocenters. The summed E-state index contributed by atoms with van der Waals surface area (Å²) >= 11 is 6.77. The Labute approximate surface area is 208 Å². The molecule has 3 N–H and O–H groups in total. The summed E-state index contributed by atoms with van der Waals surface area (Å²) in [5, 5.41) is 16.1. The quantitative estimate of drug-likeness (QED) is 0.507. The van der Waals surface area contributed by atoms with Gasteiger partial charge in [-0.3, -0.25) is 14.4 Å². The Morgan fingerprint density at radius 3 is 2.69 bits per heavy atom. The lowest BCUT2D eigenvalue weighted by atomic mass is 9.77. The van der Waals surface area contributed by atoms with Crippen molar-refractivity contribution < 1.29 is 24.2 Å². The average Bonchev–Trinajstić information content (AvgIpc) is 2.84. The van der Waals surface area contributed by atoms with Crippen LogP contribution in [0.2, 0.25) is 5.02 Å². The highest BCUT2D eigenvalue weighted by Crippen LogP contribution is 2.46. The zero-order valence-electron chi connectivity index (χ0n) is 19.6. The maximum Gasteiger partial charge on any atom is 0.305 e. The highest BCUT2D eigenvalue weighted by atomic mass is 35.5. The minimum absolute atomic E-state index is 0.0187. The number of hydrogen-bond donors (Lipinski definition) is 3. The summed E-state index contributed by atoms with van der Waals surface area (Å²) in [6.07, 6.45) is 0.334. The Balaban J connectivity index is 1.69. The number of likely N-dealkylation sites (N-methyl/N-ethyl adjacent to an activating group) is 1. The molecule has 2 heterocycles. The third-order valence-electron chi connectivity index (χ3n) is 6.56. The minimum Gasteiger partial charge on any atom is -0.490 e. The molecule has 2 aromatic rings. The third kappa shape index (κ3) is 4.98. The molecule has 8 nitrogen and oxygen atoms in total. The number of amides is 2. The van der Waals surface area contributed by atoms with Gasteiger partial charge in [0.1, 0.15) is 17.9 Å². The van der Waals surface area contributed by atoms with Crippen molar-refractivity contribution in [2.45, 2.75) is 31.7 Å². The smallest absolute Gasteiger partial charge is 0.305 e. The molecule has 0 saturated heterocycles. The van der Waals surface area contributed by atoms with Crippen molar-refractivity contribution in [2.75, 3.05) is 32.1 Å². The summed E-state index contributed by atoms with van der Waals surface area (Å²) in [6, 6.07) is 12.6. The highest BCUT2D eigenvalue weighted by Gasteiger charge is 2.43. The molecule has 2 amide bonds. The first-order valence-electron chi connectivity index (χ1n) is 11.5. The van der Waals surface area contributed by atoms with Crippen LogP contribution >= 0.6 is 11.6 Å². The zero-order chi connectivity index (χ0) is 25.1. The van der Waals surface area contributed by atoms with E-state index >= 15 is 0 Å². The van der Waals surface area contributed by atoms with E-state index in [1.807, 2.05) is 30.3 Å². The molecule has 0 fully saturated rings. The van der Waals surface area contributed by atoms with E-state index in [2.05, 4.69) is 10.6 Å². The lowest BCUT2D eigenvalue weighted by Gasteiger charge is -2.40. The van der Waals surface area contributed by atoms with E-state index in [-0.39, 0.29) is 12.0 Å². The second-order valence-corrected chi connectivity index (χ2v) is 9.10. The molecule has 0 radical (unpaired) electrons. The fraction of sp³-hybridized carbons (Fsp3) is 0.346. The van der Waals surface area contributed by atoms with E-state index in [1.165, 1.54) is 11.9 Å². The van der Waals surface area contributed by atoms with E-state index in [0.717, 1.165) is 5.56 Å². The van der Waals surface area contributed by atoms with Crippen LogP contribution in [0.4, 0.5) is 5.69 Å². The van der Waals surface area contributed by atoms with Crippen molar-refractivity contribution >= 4 is 35.1 Å². The van der Waals surface area contributed by atoms with Gasteiger partial charge in [0.2, 0.25) is 0 Å². The summed E-state index contributed by atoms with van der Waals surface area (Å²) in [4.78, 5) is 39.5. The molecule has 9 heteroatoms. The summed E-state index contributed by atoms with van der Waals surface area (Å²) in [6.45, 7) is 3.16. The van der Waals surface area contributed by atoms with Crippen molar-refractivity contribution in [3.63, 3.8) is 0 Å². The van der Waals surface area contributed by atoms with Gasteiger partial charge in [0, 0.05) is 26.1 Å². The molecule has 35 heavy (non-hydrogen) atoms. The van der Waals surface area contributed by atoms with Gasteiger partial charge in [-0.1, -0.05) is 48.0 Å². The number of fused-ring (bicyclic) bond motifs is 1. The molecule has 0 bridgehead atoms. The van der Waals surface area contributed by atoms with E-state index in [0.29, 0.717) is 53.7 Å². The first-order chi connectivity index (χ1) is 16.8. The number of nitrogens with one attached hydrogen (secondary N) is 2. The van der Waals surface area contributed by atoms with Crippen LogP contribution in [0.25, 0.3) is 0 Å². The second-order valence-electron chi connectivity index (χ2n) is 8.73. The van der Waals surface area contributed by atoms with E-state index < -0.39 is 29.7 Å². The topological polar surface area (TPSA) is 108 Å². The molecule has 2 aliphatic heterocycles. The van der Waals surface area contributed by atoms with E-state index in [9.17, 15) is 19.5 Å². The molecule has 184 valence electrons. The lowest BCUT2D eigenvalue weighted by Crippen LogP contribution is -2.50. The lowest BCUT2D eigenvalue weighted by molar-refractivity contribution is -0.140. The molecule has 0 aliphatic carbocycles. The Hall–Kier alpha value is -3.52. The predicted molar refractivity (Wildman–Crippen MR) is 133 cm³/mol. The molecule has 2 aromatic carbocycles. The standard InChI is InChI=1S/C26H28ClN3O5/c1-15-21(17-8-9-19-24(23(17)27)28-12-13-35-19)18(14-20(31)32)30(2)26(34)22(15)25(33)29-11-10-16-6-4-3-5-7-16/h3-9,18,21,28H,10-14H2,1-2H3,(H,29,33)(H,31,32).